The van der Waals surface area contributed by atoms with Gasteiger partial charge in [0, 0.05) is 29.6 Å². The fourth-order valence-corrected chi connectivity index (χ4v) is 3.17. The zero-order valence-corrected chi connectivity index (χ0v) is 13.4. The molecule has 2 N–H and O–H groups in total. The first-order valence-electron chi connectivity index (χ1n) is 7.00. The van der Waals surface area contributed by atoms with Crippen molar-refractivity contribution < 1.29 is 9.84 Å². The number of halogens is 2. The average molecular weight is 318 g/mol. The van der Waals surface area contributed by atoms with Gasteiger partial charge in [-0.15, -0.1) is 0 Å². The molecule has 0 fully saturated rings. The van der Waals surface area contributed by atoms with E-state index in [0.717, 1.165) is 24.8 Å². The van der Waals surface area contributed by atoms with Crippen LogP contribution in [0.25, 0.3) is 0 Å². The number of aliphatic hydroxyl groups is 1. The number of rotatable bonds is 5. The molecule has 1 aromatic carbocycles. The van der Waals surface area contributed by atoms with Gasteiger partial charge < -0.3 is 15.2 Å². The third kappa shape index (κ3) is 3.79. The Morgan fingerprint density at radius 1 is 1.45 bits per heavy atom. The molecule has 5 heteroatoms. The molecule has 0 spiro atoms. The SMILES string of the molecule is CCCC(C)(O)CNC1CCOc2c(Cl)cc(Cl)cc21. The second-order valence-corrected chi connectivity index (χ2v) is 6.47. The van der Waals surface area contributed by atoms with Crippen molar-refractivity contribution in [1.29, 1.82) is 0 Å². The van der Waals surface area contributed by atoms with E-state index >= 15 is 0 Å². The van der Waals surface area contributed by atoms with Crippen LogP contribution in [-0.4, -0.2) is 23.9 Å². The van der Waals surface area contributed by atoms with Crippen molar-refractivity contribution in [2.75, 3.05) is 13.2 Å². The van der Waals surface area contributed by atoms with Crippen LogP contribution in [0.1, 0.15) is 44.7 Å². The summed E-state index contributed by atoms with van der Waals surface area (Å²) in [6.45, 7) is 5.07. The van der Waals surface area contributed by atoms with E-state index in [-0.39, 0.29) is 6.04 Å². The second kappa shape index (κ2) is 6.52. The lowest BCUT2D eigenvalue weighted by Gasteiger charge is -2.31. The molecule has 1 aliphatic heterocycles. The van der Waals surface area contributed by atoms with E-state index in [2.05, 4.69) is 12.2 Å². The van der Waals surface area contributed by atoms with E-state index in [9.17, 15) is 5.11 Å². The predicted octanol–water partition coefficient (Wildman–Crippen LogP) is 3.96. The van der Waals surface area contributed by atoms with Crippen LogP contribution in [0.2, 0.25) is 10.0 Å². The lowest BCUT2D eigenvalue weighted by Crippen LogP contribution is -2.40. The molecule has 0 saturated heterocycles. The van der Waals surface area contributed by atoms with Crippen LogP contribution < -0.4 is 10.1 Å². The van der Waals surface area contributed by atoms with Crippen LogP contribution in [0, 0.1) is 0 Å². The zero-order chi connectivity index (χ0) is 14.8. The highest BCUT2D eigenvalue weighted by atomic mass is 35.5. The maximum Gasteiger partial charge on any atom is 0.142 e. The summed E-state index contributed by atoms with van der Waals surface area (Å²) in [4.78, 5) is 0. The molecule has 1 aromatic rings. The van der Waals surface area contributed by atoms with Crippen LogP contribution in [0.4, 0.5) is 0 Å². The molecular weight excluding hydrogens is 297 g/mol. The topological polar surface area (TPSA) is 41.5 Å². The number of hydrogen-bond acceptors (Lipinski definition) is 3. The smallest absolute Gasteiger partial charge is 0.142 e. The molecule has 0 amide bonds. The molecule has 3 nitrogen and oxygen atoms in total. The van der Waals surface area contributed by atoms with Gasteiger partial charge >= 0.3 is 0 Å². The van der Waals surface area contributed by atoms with Gasteiger partial charge in [0.2, 0.25) is 0 Å². The van der Waals surface area contributed by atoms with Gasteiger partial charge in [-0.3, -0.25) is 0 Å². The summed E-state index contributed by atoms with van der Waals surface area (Å²) in [5.41, 5.74) is 0.274. The molecule has 0 aliphatic carbocycles. The Bertz CT molecular complexity index is 477. The van der Waals surface area contributed by atoms with E-state index < -0.39 is 5.60 Å². The Labute approximate surface area is 130 Å². The largest absolute Gasteiger partial charge is 0.492 e. The molecular formula is C15H21Cl2NO2. The highest BCUT2D eigenvalue weighted by Crippen LogP contribution is 2.40. The van der Waals surface area contributed by atoms with Crippen molar-refractivity contribution in [2.45, 2.75) is 44.8 Å². The minimum Gasteiger partial charge on any atom is -0.492 e. The summed E-state index contributed by atoms with van der Waals surface area (Å²) in [6, 6.07) is 3.68. The van der Waals surface area contributed by atoms with Gasteiger partial charge in [0.05, 0.1) is 17.2 Å². The van der Waals surface area contributed by atoms with Crippen molar-refractivity contribution in [2.24, 2.45) is 0 Å². The van der Waals surface area contributed by atoms with E-state index in [1.54, 1.807) is 6.07 Å². The van der Waals surface area contributed by atoms with Crippen molar-refractivity contribution in [3.05, 3.63) is 27.7 Å². The third-order valence-electron chi connectivity index (χ3n) is 3.58. The second-order valence-electron chi connectivity index (χ2n) is 5.62. The summed E-state index contributed by atoms with van der Waals surface area (Å²) in [5, 5.41) is 14.8. The van der Waals surface area contributed by atoms with E-state index in [1.165, 1.54) is 0 Å². The first-order chi connectivity index (χ1) is 9.43. The quantitative estimate of drug-likeness (QED) is 0.863. The fraction of sp³-hybridized carbons (Fsp3) is 0.600. The van der Waals surface area contributed by atoms with E-state index in [4.69, 9.17) is 27.9 Å². The zero-order valence-electron chi connectivity index (χ0n) is 11.9. The monoisotopic (exact) mass is 317 g/mol. The summed E-state index contributed by atoms with van der Waals surface area (Å²) < 4.78 is 5.63. The van der Waals surface area contributed by atoms with Gasteiger partial charge in [0.15, 0.2) is 0 Å². The van der Waals surface area contributed by atoms with Gasteiger partial charge in [-0.05, 0) is 25.5 Å². The summed E-state index contributed by atoms with van der Waals surface area (Å²) in [7, 11) is 0. The molecule has 0 saturated carbocycles. The highest BCUT2D eigenvalue weighted by molar-refractivity contribution is 6.35. The Kier molecular flexibility index (Phi) is 5.19. The lowest BCUT2D eigenvalue weighted by atomic mass is 9.97. The molecule has 2 atom stereocenters. The Hall–Kier alpha value is -0.480. The minimum atomic E-state index is -0.699. The van der Waals surface area contributed by atoms with E-state index in [1.807, 2.05) is 13.0 Å². The first-order valence-corrected chi connectivity index (χ1v) is 7.76. The molecule has 0 radical (unpaired) electrons. The Morgan fingerprint density at radius 2 is 2.20 bits per heavy atom. The molecule has 20 heavy (non-hydrogen) atoms. The van der Waals surface area contributed by atoms with Gasteiger partial charge in [0.1, 0.15) is 5.75 Å². The van der Waals surface area contributed by atoms with Gasteiger partial charge in [0.25, 0.3) is 0 Å². The molecule has 1 aliphatic rings. The van der Waals surface area contributed by atoms with Crippen molar-refractivity contribution in [1.82, 2.24) is 5.32 Å². The molecule has 0 bridgehead atoms. The van der Waals surface area contributed by atoms with Crippen LogP contribution in [-0.2, 0) is 0 Å². The van der Waals surface area contributed by atoms with Gasteiger partial charge in [-0.1, -0.05) is 36.5 Å². The van der Waals surface area contributed by atoms with Crippen molar-refractivity contribution in [3.8, 4) is 5.75 Å². The van der Waals surface area contributed by atoms with Crippen LogP contribution in [0.5, 0.6) is 5.75 Å². The molecule has 1 heterocycles. The number of fused-ring (bicyclic) bond motifs is 1. The lowest BCUT2D eigenvalue weighted by molar-refractivity contribution is 0.0454. The summed E-state index contributed by atoms with van der Waals surface area (Å²) in [5.74, 6) is 0.704. The molecule has 112 valence electrons. The summed E-state index contributed by atoms with van der Waals surface area (Å²) >= 11 is 12.2. The Balaban J connectivity index is 2.13. The maximum absolute atomic E-state index is 10.3. The van der Waals surface area contributed by atoms with Gasteiger partial charge in [-0.25, -0.2) is 0 Å². The van der Waals surface area contributed by atoms with Gasteiger partial charge in [-0.2, -0.15) is 0 Å². The highest BCUT2D eigenvalue weighted by Gasteiger charge is 2.27. The number of hydrogen-bond donors (Lipinski definition) is 2. The number of nitrogens with one attached hydrogen (secondary N) is 1. The van der Waals surface area contributed by atoms with Crippen LogP contribution in [0.3, 0.4) is 0 Å². The maximum atomic E-state index is 10.3. The Morgan fingerprint density at radius 3 is 2.90 bits per heavy atom. The normalized spacial score (nSPS) is 20.9. The first kappa shape index (κ1) is 15.9. The standard InChI is InChI=1S/C15H21Cl2NO2/c1-3-5-15(2,19)9-18-13-4-6-20-14-11(13)7-10(16)8-12(14)17/h7-8,13,18-19H,3-6,9H2,1-2H3. The molecule has 2 unspecified atom stereocenters. The number of ether oxygens (including phenoxy) is 1. The fourth-order valence-electron chi connectivity index (χ4n) is 2.61. The molecule has 2 rings (SSSR count). The minimum absolute atomic E-state index is 0.110. The third-order valence-corrected chi connectivity index (χ3v) is 4.08. The molecule has 0 aromatic heterocycles. The van der Waals surface area contributed by atoms with Crippen molar-refractivity contribution >= 4 is 23.2 Å². The van der Waals surface area contributed by atoms with E-state index in [0.29, 0.717) is 28.9 Å². The summed E-state index contributed by atoms with van der Waals surface area (Å²) in [6.07, 6.45) is 2.56. The van der Waals surface area contributed by atoms with Crippen LogP contribution >= 0.6 is 23.2 Å². The predicted molar refractivity (Wildman–Crippen MR) is 82.8 cm³/mol. The number of benzene rings is 1. The van der Waals surface area contributed by atoms with Crippen LogP contribution in [0.15, 0.2) is 12.1 Å². The average Bonchev–Trinajstić information content (AvgIpc) is 2.36. The van der Waals surface area contributed by atoms with Crippen molar-refractivity contribution in [3.63, 3.8) is 0 Å².